The molecule has 2 aromatic carbocycles. The first-order valence-electron chi connectivity index (χ1n) is 5.97. The molecule has 0 bridgehead atoms. The Labute approximate surface area is 111 Å². The molecule has 0 unspecified atom stereocenters. The second kappa shape index (κ2) is 5.48. The average molecular weight is 254 g/mol. The number of hydrogen-bond donors (Lipinski definition) is 0. The van der Waals surface area contributed by atoms with Gasteiger partial charge in [-0.15, -0.1) is 0 Å². The van der Waals surface area contributed by atoms with E-state index in [-0.39, 0.29) is 5.78 Å². The predicted molar refractivity (Wildman–Crippen MR) is 72.4 cm³/mol. The highest BCUT2D eigenvalue weighted by molar-refractivity contribution is 6.10. The van der Waals surface area contributed by atoms with E-state index in [0.29, 0.717) is 22.4 Å². The summed E-state index contributed by atoms with van der Waals surface area (Å²) in [5.74, 6) is -0.0474. The molecule has 0 N–H and O–H groups in total. The minimum Gasteiger partial charge on any atom is -0.426 e. The van der Waals surface area contributed by atoms with Gasteiger partial charge in [0.25, 0.3) is 0 Å². The minimum absolute atomic E-state index is 0.0768. The zero-order valence-corrected chi connectivity index (χ0v) is 10.8. The van der Waals surface area contributed by atoms with Gasteiger partial charge in [0.05, 0.1) is 0 Å². The van der Waals surface area contributed by atoms with Crippen LogP contribution in [0.15, 0.2) is 48.5 Å². The fourth-order valence-electron chi connectivity index (χ4n) is 1.87. The summed E-state index contributed by atoms with van der Waals surface area (Å²) in [6, 6.07) is 14.1. The summed E-state index contributed by atoms with van der Waals surface area (Å²) >= 11 is 0. The molecule has 0 aliphatic carbocycles. The molecule has 0 atom stereocenters. The molecule has 0 spiro atoms. The van der Waals surface area contributed by atoms with Crippen molar-refractivity contribution in [3.8, 4) is 5.75 Å². The third kappa shape index (κ3) is 2.88. The molecule has 0 aliphatic rings. The lowest BCUT2D eigenvalue weighted by atomic mass is 9.98. The molecule has 19 heavy (non-hydrogen) atoms. The molecule has 3 nitrogen and oxygen atoms in total. The smallest absolute Gasteiger partial charge is 0.308 e. The van der Waals surface area contributed by atoms with Crippen molar-refractivity contribution in [3.05, 3.63) is 65.2 Å². The van der Waals surface area contributed by atoms with E-state index in [0.717, 1.165) is 0 Å². The molecule has 2 aromatic rings. The number of ketones is 1. The van der Waals surface area contributed by atoms with Crippen LogP contribution in [0.3, 0.4) is 0 Å². The molecular weight excluding hydrogens is 240 g/mol. The lowest BCUT2D eigenvalue weighted by Gasteiger charge is -2.09. The van der Waals surface area contributed by atoms with Gasteiger partial charge >= 0.3 is 5.97 Å². The van der Waals surface area contributed by atoms with E-state index in [2.05, 4.69) is 0 Å². The summed E-state index contributed by atoms with van der Waals surface area (Å²) in [5, 5.41) is 0. The zero-order valence-electron chi connectivity index (χ0n) is 10.8. The van der Waals surface area contributed by atoms with Gasteiger partial charge in [0.15, 0.2) is 5.78 Å². The predicted octanol–water partition coefficient (Wildman–Crippen LogP) is 3.15. The Bertz CT molecular complexity index is 615. The maximum atomic E-state index is 12.4. The summed E-state index contributed by atoms with van der Waals surface area (Å²) in [6.07, 6.45) is 0. The standard InChI is InChI=1S/C16H14O3/c1-11-14(9-6-10-15(11)19-12(2)17)16(18)13-7-4-3-5-8-13/h3-10H,1-2H3. The lowest BCUT2D eigenvalue weighted by Crippen LogP contribution is -2.07. The Morgan fingerprint density at radius 3 is 2.26 bits per heavy atom. The molecule has 0 fully saturated rings. The first-order valence-corrected chi connectivity index (χ1v) is 5.97. The number of hydrogen-bond acceptors (Lipinski definition) is 3. The van der Waals surface area contributed by atoms with Crippen LogP contribution in [0.4, 0.5) is 0 Å². The van der Waals surface area contributed by atoms with E-state index in [1.807, 2.05) is 18.2 Å². The van der Waals surface area contributed by atoms with Gasteiger partial charge in [-0.25, -0.2) is 0 Å². The molecular formula is C16H14O3. The van der Waals surface area contributed by atoms with Crippen LogP contribution < -0.4 is 4.74 Å². The van der Waals surface area contributed by atoms with Crippen molar-refractivity contribution in [3.63, 3.8) is 0 Å². The number of ether oxygens (including phenoxy) is 1. The second-order valence-corrected chi connectivity index (χ2v) is 4.22. The van der Waals surface area contributed by atoms with Crippen LogP contribution in [0.25, 0.3) is 0 Å². The molecule has 0 saturated carbocycles. The maximum Gasteiger partial charge on any atom is 0.308 e. The van der Waals surface area contributed by atoms with Crippen molar-refractivity contribution >= 4 is 11.8 Å². The van der Waals surface area contributed by atoms with E-state index in [9.17, 15) is 9.59 Å². The largest absolute Gasteiger partial charge is 0.426 e. The Morgan fingerprint density at radius 2 is 1.63 bits per heavy atom. The number of esters is 1. The van der Waals surface area contributed by atoms with E-state index in [4.69, 9.17) is 4.74 Å². The monoisotopic (exact) mass is 254 g/mol. The van der Waals surface area contributed by atoms with Crippen molar-refractivity contribution in [2.75, 3.05) is 0 Å². The van der Waals surface area contributed by atoms with Crippen molar-refractivity contribution in [1.29, 1.82) is 0 Å². The van der Waals surface area contributed by atoms with E-state index >= 15 is 0 Å². The van der Waals surface area contributed by atoms with Gasteiger partial charge in [0.2, 0.25) is 0 Å². The lowest BCUT2D eigenvalue weighted by molar-refractivity contribution is -0.131. The van der Waals surface area contributed by atoms with E-state index in [1.54, 1.807) is 37.3 Å². The molecule has 0 saturated heterocycles. The van der Waals surface area contributed by atoms with Crippen molar-refractivity contribution in [2.24, 2.45) is 0 Å². The van der Waals surface area contributed by atoms with Crippen LogP contribution in [0.5, 0.6) is 5.75 Å². The van der Waals surface area contributed by atoms with Gasteiger partial charge in [-0.3, -0.25) is 9.59 Å². The molecule has 3 heteroatoms. The fourth-order valence-corrected chi connectivity index (χ4v) is 1.87. The third-order valence-electron chi connectivity index (χ3n) is 2.82. The highest BCUT2D eigenvalue weighted by atomic mass is 16.5. The quantitative estimate of drug-likeness (QED) is 0.480. The Hall–Kier alpha value is -2.42. The Kier molecular flexibility index (Phi) is 3.76. The first-order chi connectivity index (χ1) is 9.09. The normalized spacial score (nSPS) is 10.0. The minimum atomic E-state index is -0.396. The molecule has 0 radical (unpaired) electrons. The number of carbonyl (C=O) groups is 2. The summed E-state index contributed by atoms with van der Waals surface area (Å²) in [6.45, 7) is 3.11. The first kappa shape index (κ1) is 13.0. The van der Waals surface area contributed by atoms with Gasteiger partial charge in [0, 0.05) is 23.6 Å². The van der Waals surface area contributed by atoms with Gasteiger partial charge in [-0.05, 0) is 13.0 Å². The summed E-state index contributed by atoms with van der Waals surface area (Å²) in [5.41, 5.74) is 1.84. The molecule has 2 rings (SSSR count). The van der Waals surface area contributed by atoms with Crippen LogP contribution >= 0.6 is 0 Å². The number of rotatable bonds is 3. The average Bonchev–Trinajstić information content (AvgIpc) is 2.41. The van der Waals surface area contributed by atoms with Crippen LogP contribution in [0.2, 0.25) is 0 Å². The summed E-state index contributed by atoms with van der Waals surface area (Å²) in [7, 11) is 0. The summed E-state index contributed by atoms with van der Waals surface area (Å²) in [4.78, 5) is 23.4. The van der Waals surface area contributed by atoms with Crippen molar-refractivity contribution in [1.82, 2.24) is 0 Å². The second-order valence-electron chi connectivity index (χ2n) is 4.22. The Balaban J connectivity index is 2.41. The van der Waals surface area contributed by atoms with Crippen molar-refractivity contribution < 1.29 is 14.3 Å². The van der Waals surface area contributed by atoms with Crippen LogP contribution in [-0.2, 0) is 4.79 Å². The maximum absolute atomic E-state index is 12.4. The van der Waals surface area contributed by atoms with Gasteiger partial charge < -0.3 is 4.74 Å². The van der Waals surface area contributed by atoms with Gasteiger partial charge in [-0.1, -0.05) is 42.5 Å². The fraction of sp³-hybridized carbons (Fsp3) is 0.125. The molecule has 0 amide bonds. The number of benzene rings is 2. The molecule has 0 heterocycles. The number of carbonyl (C=O) groups excluding carboxylic acids is 2. The topological polar surface area (TPSA) is 43.4 Å². The van der Waals surface area contributed by atoms with Crippen LogP contribution in [0, 0.1) is 6.92 Å². The van der Waals surface area contributed by atoms with E-state index < -0.39 is 5.97 Å². The molecule has 96 valence electrons. The third-order valence-corrected chi connectivity index (χ3v) is 2.82. The van der Waals surface area contributed by atoms with Crippen molar-refractivity contribution in [2.45, 2.75) is 13.8 Å². The van der Waals surface area contributed by atoms with E-state index in [1.165, 1.54) is 6.92 Å². The summed E-state index contributed by atoms with van der Waals surface area (Å²) < 4.78 is 5.08. The highest BCUT2D eigenvalue weighted by Crippen LogP contribution is 2.23. The SMILES string of the molecule is CC(=O)Oc1cccc(C(=O)c2ccccc2)c1C. The highest BCUT2D eigenvalue weighted by Gasteiger charge is 2.14. The Morgan fingerprint density at radius 1 is 0.947 bits per heavy atom. The zero-order chi connectivity index (χ0) is 13.8. The molecule has 0 aromatic heterocycles. The molecule has 0 aliphatic heterocycles. The van der Waals surface area contributed by atoms with Crippen LogP contribution in [-0.4, -0.2) is 11.8 Å². The van der Waals surface area contributed by atoms with Crippen LogP contribution in [0.1, 0.15) is 28.4 Å². The van der Waals surface area contributed by atoms with Gasteiger partial charge in [0.1, 0.15) is 5.75 Å². The van der Waals surface area contributed by atoms with Gasteiger partial charge in [-0.2, -0.15) is 0 Å².